The molecule has 0 aliphatic carbocycles. The first kappa shape index (κ1) is 18.6. The lowest BCUT2D eigenvalue weighted by Gasteiger charge is -2.41. The summed E-state index contributed by atoms with van der Waals surface area (Å²) in [5.74, 6) is -1.33. The van der Waals surface area contributed by atoms with Gasteiger partial charge < -0.3 is 20.5 Å². The van der Waals surface area contributed by atoms with Crippen LogP contribution in [0.25, 0.3) is 0 Å². The van der Waals surface area contributed by atoms with Crippen molar-refractivity contribution in [3.8, 4) is 5.75 Å². The van der Waals surface area contributed by atoms with Gasteiger partial charge in [0, 0.05) is 6.54 Å². The van der Waals surface area contributed by atoms with Crippen LogP contribution < -0.4 is 16.2 Å². The number of aromatic hydroxyl groups is 1. The first-order chi connectivity index (χ1) is 13.5. The summed E-state index contributed by atoms with van der Waals surface area (Å²) < 4.78 is 20.4. The van der Waals surface area contributed by atoms with Gasteiger partial charge in [-0.25, -0.2) is 9.37 Å². The van der Waals surface area contributed by atoms with Crippen LogP contribution in [-0.2, 0) is 23.4 Å². The Labute approximate surface area is 160 Å². The third kappa shape index (κ3) is 3.27. The zero-order valence-electron chi connectivity index (χ0n) is 15.2. The van der Waals surface area contributed by atoms with Crippen LogP contribution >= 0.6 is 0 Å². The second-order valence-corrected chi connectivity index (χ2v) is 6.99. The van der Waals surface area contributed by atoms with Gasteiger partial charge in [0.05, 0.1) is 13.2 Å². The Balaban J connectivity index is 1.65. The molecule has 9 heteroatoms. The van der Waals surface area contributed by atoms with Crippen molar-refractivity contribution >= 4 is 5.91 Å². The molecular weight excluding hydrogens is 367 g/mol. The van der Waals surface area contributed by atoms with Gasteiger partial charge in [-0.3, -0.25) is 14.2 Å². The molecule has 1 aromatic heterocycles. The van der Waals surface area contributed by atoms with Crippen LogP contribution in [0.1, 0.15) is 34.7 Å². The highest BCUT2D eigenvalue weighted by molar-refractivity contribution is 5.94. The smallest absolute Gasteiger partial charge is 0.296 e. The normalized spacial score (nSPS) is 17.9. The number of hydrogen-bond acceptors (Lipinski definition) is 6. The van der Waals surface area contributed by atoms with Crippen LogP contribution in [0.2, 0.25) is 0 Å². The SMILES string of the molecule is O=C(NCc1ccc(F)cc1)c1nc2n(c(=O)c1O)CCOC21CCNCC1. The van der Waals surface area contributed by atoms with Crippen molar-refractivity contribution in [1.82, 2.24) is 20.2 Å². The van der Waals surface area contributed by atoms with Crippen molar-refractivity contribution in [2.45, 2.75) is 31.5 Å². The van der Waals surface area contributed by atoms with Crippen molar-refractivity contribution in [2.24, 2.45) is 0 Å². The first-order valence-electron chi connectivity index (χ1n) is 9.22. The summed E-state index contributed by atoms with van der Waals surface area (Å²) in [5, 5.41) is 16.1. The van der Waals surface area contributed by atoms with E-state index in [1.165, 1.54) is 16.7 Å². The molecule has 4 rings (SSSR count). The fourth-order valence-electron chi connectivity index (χ4n) is 3.72. The average Bonchev–Trinajstić information content (AvgIpc) is 2.71. The quantitative estimate of drug-likeness (QED) is 0.712. The summed E-state index contributed by atoms with van der Waals surface area (Å²) in [7, 11) is 0. The van der Waals surface area contributed by atoms with Gasteiger partial charge in [0.2, 0.25) is 5.75 Å². The van der Waals surface area contributed by atoms with E-state index in [9.17, 15) is 19.1 Å². The number of carbonyl (C=O) groups excluding carboxylic acids is 1. The number of rotatable bonds is 3. The molecule has 1 aromatic carbocycles. The molecular formula is C19H21FN4O4. The highest BCUT2D eigenvalue weighted by Gasteiger charge is 2.42. The zero-order valence-corrected chi connectivity index (χ0v) is 15.2. The number of carbonyl (C=O) groups is 1. The van der Waals surface area contributed by atoms with Crippen molar-refractivity contribution in [1.29, 1.82) is 0 Å². The van der Waals surface area contributed by atoms with Gasteiger partial charge >= 0.3 is 0 Å². The maximum Gasteiger partial charge on any atom is 0.296 e. The predicted octanol–water partition coefficient (Wildman–Crippen LogP) is 0.627. The summed E-state index contributed by atoms with van der Waals surface area (Å²) in [4.78, 5) is 29.6. The molecule has 0 radical (unpaired) electrons. The minimum Gasteiger partial charge on any atom is -0.501 e. The summed E-state index contributed by atoms with van der Waals surface area (Å²) in [5.41, 5.74) is -1.01. The second kappa shape index (κ2) is 7.33. The monoisotopic (exact) mass is 388 g/mol. The number of ether oxygens (including phenoxy) is 1. The molecule has 0 saturated carbocycles. The molecule has 1 amide bonds. The summed E-state index contributed by atoms with van der Waals surface area (Å²) in [6.45, 7) is 2.17. The van der Waals surface area contributed by atoms with Gasteiger partial charge in [0.25, 0.3) is 11.5 Å². The summed E-state index contributed by atoms with van der Waals surface area (Å²) in [6.07, 6.45) is 1.25. The minimum absolute atomic E-state index is 0.115. The number of benzene rings is 1. The maximum absolute atomic E-state index is 13.0. The van der Waals surface area contributed by atoms with Crippen LogP contribution in [0, 0.1) is 5.82 Å². The molecule has 1 fully saturated rings. The maximum atomic E-state index is 13.0. The number of halogens is 1. The van der Waals surface area contributed by atoms with Crippen molar-refractivity contribution in [2.75, 3.05) is 19.7 Å². The van der Waals surface area contributed by atoms with E-state index >= 15 is 0 Å². The third-order valence-electron chi connectivity index (χ3n) is 5.24. The van der Waals surface area contributed by atoms with E-state index in [-0.39, 0.29) is 24.6 Å². The number of fused-ring (bicyclic) bond motifs is 2. The van der Waals surface area contributed by atoms with Gasteiger partial charge in [0.15, 0.2) is 5.69 Å². The molecule has 28 heavy (non-hydrogen) atoms. The topological polar surface area (TPSA) is 105 Å². The van der Waals surface area contributed by atoms with Gasteiger partial charge in [-0.1, -0.05) is 12.1 Å². The standard InChI is InChI=1S/C19H21FN4O4/c20-13-3-1-12(2-4-13)11-22-16(26)14-15(25)17(27)24-9-10-28-19(18(24)23-14)5-7-21-8-6-19/h1-4,21,25H,5-11H2,(H,22,26). The number of hydrogen-bond donors (Lipinski definition) is 3. The summed E-state index contributed by atoms with van der Waals surface area (Å²) >= 11 is 0. The number of nitrogens with zero attached hydrogens (tertiary/aromatic N) is 2. The fourth-order valence-corrected chi connectivity index (χ4v) is 3.72. The van der Waals surface area contributed by atoms with Crippen molar-refractivity contribution in [3.05, 3.63) is 57.5 Å². The van der Waals surface area contributed by atoms with Gasteiger partial charge in [-0.2, -0.15) is 0 Å². The Kier molecular flexibility index (Phi) is 4.86. The molecule has 1 spiro atoms. The van der Waals surface area contributed by atoms with E-state index in [0.717, 1.165) is 0 Å². The Morgan fingerprint density at radius 2 is 2.04 bits per heavy atom. The second-order valence-electron chi connectivity index (χ2n) is 6.99. The first-order valence-corrected chi connectivity index (χ1v) is 9.22. The molecule has 2 aromatic rings. The molecule has 8 nitrogen and oxygen atoms in total. The van der Waals surface area contributed by atoms with E-state index in [0.29, 0.717) is 43.9 Å². The predicted molar refractivity (Wildman–Crippen MR) is 97.5 cm³/mol. The van der Waals surface area contributed by atoms with Gasteiger partial charge in [0.1, 0.15) is 17.2 Å². The van der Waals surface area contributed by atoms with E-state index in [1.807, 2.05) is 0 Å². The number of aromatic nitrogens is 2. The molecule has 1 saturated heterocycles. The molecule has 3 heterocycles. The molecule has 0 unspecified atom stereocenters. The highest BCUT2D eigenvalue weighted by Crippen LogP contribution is 2.36. The molecule has 2 aliphatic heterocycles. The highest BCUT2D eigenvalue weighted by atomic mass is 19.1. The summed E-state index contributed by atoms with van der Waals surface area (Å²) in [6, 6.07) is 5.67. The lowest BCUT2D eigenvalue weighted by molar-refractivity contribution is -0.102. The van der Waals surface area contributed by atoms with Crippen LogP contribution in [0.3, 0.4) is 0 Å². The molecule has 3 N–H and O–H groups in total. The average molecular weight is 388 g/mol. The molecule has 2 aliphatic rings. The zero-order chi connectivity index (χ0) is 19.7. The van der Waals surface area contributed by atoms with E-state index in [4.69, 9.17) is 4.74 Å². The van der Waals surface area contributed by atoms with Crippen LogP contribution in [0.4, 0.5) is 4.39 Å². The van der Waals surface area contributed by atoms with E-state index in [1.54, 1.807) is 12.1 Å². The Bertz CT molecular complexity index is 952. The fraction of sp³-hybridized carbons (Fsp3) is 0.421. The van der Waals surface area contributed by atoms with E-state index in [2.05, 4.69) is 15.6 Å². The van der Waals surface area contributed by atoms with Crippen LogP contribution in [-0.4, -0.2) is 40.3 Å². The molecule has 0 bridgehead atoms. The Morgan fingerprint density at radius 3 is 2.75 bits per heavy atom. The van der Waals surface area contributed by atoms with Gasteiger partial charge in [-0.15, -0.1) is 0 Å². The largest absolute Gasteiger partial charge is 0.501 e. The van der Waals surface area contributed by atoms with E-state index < -0.39 is 22.8 Å². The van der Waals surface area contributed by atoms with Crippen molar-refractivity contribution < 1.29 is 19.0 Å². The third-order valence-corrected chi connectivity index (χ3v) is 5.24. The Hall–Kier alpha value is -2.78. The molecule has 0 atom stereocenters. The van der Waals surface area contributed by atoms with Crippen LogP contribution in [0.15, 0.2) is 29.1 Å². The van der Waals surface area contributed by atoms with Crippen LogP contribution in [0.5, 0.6) is 5.75 Å². The number of nitrogens with one attached hydrogen (secondary N) is 2. The molecule has 148 valence electrons. The number of piperidine rings is 1. The number of amides is 1. The lowest BCUT2D eigenvalue weighted by atomic mass is 9.89. The van der Waals surface area contributed by atoms with Gasteiger partial charge in [-0.05, 0) is 43.6 Å². The minimum atomic E-state index is -0.734. The lowest BCUT2D eigenvalue weighted by Crippen LogP contribution is -2.50. The Morgan fingerprint density at radius 1 is 1.32 bits per heavy atom. The van der Waals surface area contributed by atoms with Crippen molar-refractivity contribution in [3.63, 3.8) is 0 Å².